The fourth-order valence-corrected chi connectivity index (χ4v) is 8.11. The van der Waals surface area contributed by atoms with E-state index in [4.69, 9.17) is 24.7 Å². The molecule has 1 saturated carbocycles. The van der Waals surface area contributed by atoms with Crippen LogP contribution in [0.25, 0.3) is 0 Å². The maximum absolute atomic E-state index is 13.2. The molecule has 11 heteroatoms. The molecule has 5 heterocycles. The average Bonchev–Trinajstić information content (AvgIpc) is 3.30. The van der Waals surface area contributed by atoms with Crippen molar-refractivity contribution < 1.29 is 38.6 Å². The van der Waals surface area contributed by atoms with Gasteiger partial charge in [-0.25, -0.2) is 4.57 Å². The first-order chi connectivity index (χ1) is 16.7. The number of amides is 1. The number of aliphatic hydroxyl groups is 2. The number of anilines is 1. The monoisotopic (exact) mass is 506 g/mol. The fourth-order valence-electron chi connectivity index (χ4n) is 7.74. The molecule has 1 unspecified atom stereocenters. The quantitative estimate of drug-likeness (QED) is 0.340. The minimum Gasteiger partial charge on any atom is -0.394 e. The molecule has 1 spiro atoms. The van der Waals surface area contributed by atoms with E-state index in [0.717, 1.165) is 6.54 Å². The Labute approximate surface area is 203 Å². The molecule has 7 rings (SSSR count). The van der Waals surface area contributed by atoms with E-state index >= 15 is 0 Å². The maximum Gasteiger partial charge on any atom is 0.469 e. The van der Waals surface area contributed by atoms with E-state index in [2.05, 4.69) is 44.7 Å². The molecule has 1 aliphatic carbocycles. The molecule has 6 aliphatic rings. The molecule has 4 N–H and O–H groups in total. The van der Waals surface area contributed by atoms with Gasteiger partial charge in [0, 0.05) is 29.6 Å². The van der Waals surface area contributed by atoms with Crippen molar-refractivity contribution in [1.29, 1.82) is 0 Å². The number of rotatable bonds is 4. The van der Waals surface area contributed by atoms with Crippen LogP contribution in [0.1, 0.15) is 24.8 Å². The summed E-state index contributed by atoms with van der Waals surface area (Å²) in [6.45, 7) is 1.82. The van der Waals surface area contributed by atoms with Crippen LogP contribution in [-0.2, 0) is 24.0 Å². The highest BCUT2D eigenvalue weighted by Gasteiger charge is 2.70. The van der Waals surface area contributed by atoms with Crippen molar-refractivity contribution in [1.82, 2.24) is 4.90 Å². The van der Waals surface area contributed by atoms with Crippen LogP contribution < -0.4 is 4.90 Å². The Bertz CT molecular complexity index is 1110. The molecule has 35 heavy (non-hydrogen) atoms. The first-order valence-electron chi connectivity index (χ1n) is 12.2. The number of hydrogen-bond acceptors (Lipinski definition) is 7. The molecule has 3 saturated heterocycles. The lowest BCUT2D eigenvalue weighted by atomic mass is 9.53. The molecule has 2 bridgehead atoms. The molecule has 1 aromatic rings. The number of nitrogens with zero attached hydrogens (tertiary/aromatic N) is 2. The lowest BCUT2D eigenvalue weighted by Gasteiger charge is -2.58. The second-order valence-corrected chi connectivity index (χ2v) is 11.6. The van der Waals surface area contributed by atoms with Gasteiger partial charge in [0.1, 0.15) is 6.10 Å². The molecule has 0 radical (unpaired) electrons. The summed E-state index contributed by atoms with van der Waals surface area (Å²) in [6, 6.07) is 9.64. The van der Waals surface area contributed by atoms with Crippen LogP contribution in [0, 0.1) is 11.8 Å². The number of benzene rings is 1. The molecular weight excluding hydrogens is 475 g/mol. The maximum atomic E-state index is 13.2. The van der Waals surface area contributed by atoms with Crippen molar-refractivity contribution in [2.24, 2.45) is 11.8 Å². The van der Waals surface area contributed by atoms with Crippen molar-refractivity contribution in [3.8, 4) is 0 Å². The Balaban J connectivity index is 0.000000198. The van der Waals surface area contributed by atoms with E-state index in [1.165, 1.54) is 30.6 Å². The lowest BCUT2D eigenvalue weighted by Crippen LogP contribution is -2.69. The highest BCUT2D eigenvalue weighted by Crippen LogP contribution is 2.65. The van der Waals surface area contributed by atoms with Gasteiger partial charge in [-0.15, -0.1) is 0 Å². The molecule has 4 fully saturated rings. The Kier molecular flexibility index (Phi) is 5.75. The van der Waals surface area contributed by atoms with E-state index in [1.54, 1.807) is 5.57 Å². The second-order valence-electron chi connectivity index (χ2n) is 10.4. The van der Waals surface area contributed by atoms with Crippen molar-refractivity contribution >= 4 is 19.4 Å². The van der Waals surface area contributed by atoms with Gasteiger partial charge in [0.05, 0.1) is 38.4 Å². The van der Waals surface area contributed by atoms with Gasteiger partial charge < -0.3 is 29.6 Å². The Morgan fingerprint density at radius 3 is 2.86 bits per heavy atom. The van der Waals surface area contributed by atoms with Gasteiger partial charge in [-0.05, 0) is 36.9 Å². The summed E-state index contributed by atoms with van der Waals surface area (Å²) in [6.07, 6.45) is 4.19. The summed E-state index contributed by atoms with van der Waals surface area (Å²) >= 11 is 0. The summed E-state index contributed by atoms with van der Waals surface area (Å²) < 4.78 is 20.0. The van der Waals surface area contributed by atoms with Crippen LogP contribution in [-0.4, -0.2) is 88.0 Å². The number of para-hydroxylation sites is 1. The van der Waals surface area contributed by atoms with Gasteiger partial charge in [0.2, 0.25) is 5.91 Å². The zero-order valence-electron chi connectivity index (χ0n) is 19.3. The average molecular weight is 506 g/mol. The number of ether oxygens (including phenoxy) is 1. The van der Waals surface area contributed by atoms with Crippen LogP contribution in [0.15, 0.2) is 35.9 Å². The predicted octanol–water partition coefficient (Wildman–Crippen LogP) is 0.541. The van der Waals surface area contributed by atoms with Crippen LogP contribution >= 0.6 is 7.82 Å². The van der Waals surface area contributed by atoms with Crippen molar-refractivity contribution in [3.05, 3.63) is 41.5 Å². The number of hydrogen-bond donors (Lipinski definition) is 4. The van der Waals surface area contributed by atoms with Gasteiger partial charge >= 0.3 is 7.82 Å². The van der Waals surface area contributed by atoms with E-state index in [9.17, 15) is 9.36 Å². The first kappa shape index (κ1) is 23.8. The standard InChI is InChI=1S/C21H22N2O2.C3H9O6P/c24-18-10-16-19-13-9-17-21(6-7-22(17)11-12(13)5-8-25-16)14-3-1-2-4-15(14)23(18)20(19)21;4-1-3(5)2-9-10(6,7)8/h1-5,13,16-17,19-20H,6-11H2;3-5H,1-2H2,(H2,6,7,8)/t13-,16-,17-,19-,20-,21+;/m0./s1. The van der Waals surface area contributed by atoms with Crippen LogP contribution in [0.5, 0.6) is 0 Å². The number of aliphatic hydroxyl groups excluding tert-OH is 2. The number of phosphoric ester groups is 1. The molecule has 1 amide bonds. The van der Waals surface area contributed by atoms with Crippen LogP contribution in [0.2, 0.25) is 0 Å². The fraction of sp³-hybridized carbons (Fsp3) is 0.625. The van der Waals surface area contributed by atoms with Crippen molar-refractivity contribution in [3.63, 3.8) is 0 Å². The lowest BCUT2D eigenvalue weighted by molar-refractivity contribution is -0.132. The molecule has 7 atom stereocenters. The van der Waals surface area contributed by atoms with Gasteiger partial charge in [0.25, 0.3) is 0 Å². The largest absolute Gasteiger partial charge is 0.469 e. The van der Waals surface area contributed by atoms with Crippen molar-refractivity contribution in [2.75, 3.05) is 37.8 Å². The molecule has 0 aromatic heterocycles. The highest BCUT2D eigenvalue weighted by molar-refractivity contribution is 7.46. The zero-order valence-corrected chi connectivity index (χ0v) is 20.2. The third-order valence-electron chi connectivity index (χ3n) is 8.86. The predicted molar refractivity (Wildman–Crippen MR) is 124 cm³/mol. The van der Waals surface area contributed by atoms with Crippen LogP contribution in [0.3, 0.4) is 0 Å². The number of phosphoric acid groups is 1. The normalized spacial score (nSPS) is 37.1. The van der Waals surface area contributed by atoms with E-state index in [1.807, 2.05) is 0 Å². The third kappa shape index (κ3) is 3.58. The summed E-state index contributed by atoms with van der Waals surface area (Å²) in [5.41, 5.74) is 4.35. The molecule has 10 nitrogen and oxygen atoms in total. The molecule has 190 valence electrons. The molecule has 1 aromatic carbocycles. The Morgan fingerprint density at radius 1 is 1.29 bits per heavy atom. The Hall–Kier alpha value is -1.62. The molecule has 5 aliphatic heterocycles. The summed E-state index contributed by atoms with van der Waals surface area (Å²) in [5, 5.41) is 16.7. The Morgan fingerprint density at radius 2 is 2.09 bits per heavy atom. The van der Waals surface area contributed by atoms with E-state index < -0.39 is 27.1 Å². The number of piperidine rings is 2. The van der Waals surface area contributed by atoms with Gasteiger partial charge in [-0.2, -0.15) is 0 Å². The number of carbonyl (C=O) groups is 1. The topological polar surface area (TPSA) is 140 Å². The second kappa shape index (κ2) is 8.46. The minimum atomic E-state index is -4.50. The third-order valence-corrected chi connectivity index (χ3v) is 9.35. The minimum absolute atomic E-state index is 0.104. The first-order valence-corrected chi connectivity index (χ1v) is 13.7. The van der Waals surface area contributed by atoms with Crippen molar-refractivity contribution in [2.45, 2.75) is 49.0 Å². The zero-order chi connectivity index (χ0) is 24.5. The van der Waals surface area contributed by atoms with Gasteiger partial charge in [0.15, 0.2) is 0 Å². The number of fused-ring (bicyclic) bond motifs is 2. The van der Waals surface area contributed by atoms with Gasteiger partial charge in [-0.3, -0.25) is 14.2 Å². The summed E-state index contributed by atoms with van der Waals surface area (Å²) in [5.74, 6) is 1.35. The van der Waals surface area contributed by atoms with Gasteiger partial charge in [-0.1, -0.05) is 29.8 Å². The summed E-state index contributed by atoms with van der Waals surface area (Å²) in [4.78, 5) is 34.2. The van der Waals surface area contributed by atoms with E-state index in [0.29, 0.717) is 36.9 Å². The van der Waals surface area contributed by atoms with Crippen LogP contribution in [0.4, 0.5) is 5.69 Å². The SMILES string of the molecule is O=C1C[C@@H]2OCC=C3CN4CC[C@]56c7ccccc7N1[C@H]5[C@H]2[C@H]3C[C@H]46.O=P(O)(O)OCC(O)CO. The highest BCUT2D eigenvalue weighted by atomic mass is 31.2. The molecular formula is C24H31N2O8P. The smallest absolute Gasteiger partial charge is 0.394 e. The van der Waals surface area contributed by atoms with E-state index in [-0.39, 0.29) is 17.4 Å². The number of carbonyl (C=O) groups excluding carboxylic acids is 1. The summed E-state index contributed by atoms with van der Waals surface area (Å²) in [7, 11) is -4.50.